The molecule has 0 saturated carbocycles. The van der Waals surface area contributed by atoms with Crippen molar-refractivity contribution in [3.8, 4) is 0 Å². The minimum atomic E-state index is -2.27. The van der Waals surface area contributed by atoms with E-state index in [2.05, 4.69) is 0 Å². The number of hydrogen-bond acceptors (Lipinski definition) is 6. The van der Waals surface area contributed by atoms with Crippen molar-refractivity contribution in [1.29, 1.82) is 0 Å². The molecule has 0 aromatic carbocycles. The van der Waals surface area contributed by atoms with Gasteiger partial charge in [-0.3, -0.25) is 20.2 Å². The Labute approximate surface area is 85.8 Å². The van der Waals surface area contributed by atoms with Gasteiger partial charge in [0.05, 0.1) is 22.7 Å². The van der Waals surface area contributed by atoms with Crippen LogP contribution in [0.3, 0.4) is 0 Å². The van der Waals surface area contributed by atoms with Gasteiger partial charge in [0, 0.05) is 13.2 Å². The van der Waals surface area contributed by atoms with E-state index in [0.29, 0.717) is 0 Å². The van der Waals surface area contributed by atoms with Gasteiger partial charge in [-0.25, -0.2) is 0 Å². The van der Waals surface area contributed by atoms with Gasteiger partial charge in [-0.2, -0.15) is 0 Å². The van der Waals surface area contributed by atoms with Crippen molar-refractivity contribution in [3.05, 3.63) is 20.2 Å². The average molecular weight is 222 g/mol. The lowest BCUT2D eigenvalue weighted by molar-refractivity contribution is -0.799. The topological polar surface area (TPSA) is 127 Å². The SMILES string of the molecule is O=[N+]([O-])C(CCCO)(CCCO)[N+](=O)[O-]. The second-order valence-electron chi connectivity index (χ2n) is 3.15. The summed E-state index contributed by atoms with van der Waals surface area (Å²) >= 11 is 0. The van der Waals surface area contributed by atoms with Crippen LogP contribution in [0, 0.1) is 20.2 Å². The molecule has 0 aliphatic carbocycles. The molecular formula is C7H14N2O6. The highest BCUT2D eigenvalue weighted by atomic mass is 16.7. The molecular weight excluding hydrogens is 208 g/mol. The second kappa shape index (κ2) is 6.25. The fourth-order valence-electron chi connectivity index (χ4n) is 1.28. The monoisotopic (exact) mass is 222 g/mol. The van der Waals surface area contributed by atoms with Crippen molar-refractivity contribution in [2.75, 3.05) is 13.2 Å². The van der Waals surface area contributed by atoms with E-state index in [0.717, 1.165) is 0 Å². The Hall–Kier alpha value is -1.28. The lowest BCUT2D eigenvalue weighted by Crippen LogP contribution is -2.46. The van der Waals surface area contributed by atoms with Crippen LogP contribution in [-0.2, 0) is 0 Å². The molecule has 0 fully saturated rings. The quantitative estimate of drug-likeness (QED) is 0.332. The molecule has 2 N–H and O–H groups in total. The predicted octanol–water partition coefficient (Wildman–Crippen LogP) is -0.219. The highest BCUT2D eigenvalue weighted by molar-refractivity contribution is 4.67. The van der Waals surface area contributed by atoms with Crippen LogP contribution >= 0.6 is 0 Å². The molecule has 0 bridgehead atoms. The fraction of sp³-hybridized carbons (Fsp3) is 1.00. The van der Waals surface area contributed by atoms with Crippen LogP contribution in [0.4, 0.5) is 0 Å². The number of aliphatic hydroxyl groups is 2. The van der Waals surface area contributed by atoms with Crippen LogP contribution in [0.15, 0.2) is 0 Å². The number of hydrogen-bond donors (Lipinski definition) is 2. The van der Waals surface area contributed by atoms with Crippen molar-refractivity contribution in [1.82, 2.24) is 0 Å². The lowest BCUT2D eigenvalue weighted by Gasteiger charge is -2.16. The van der Waals surface area contributed by atoms with Crippen LogP contribution in [0.1, 0.15) is 25.7 Å². The van der Waals surface area contributed by atoms with E-state index in [1.165, 1.54) is 0 Å². The summed E-state index contributed by atoms with van der Waals surface area (Å²) in [6.45, 7) is -0.662. The molecule has 0 atom stereocenters. The Bertz CT molecular complexity index is 208. The first-order valence-corrected chi connectivity index (χ1v) is 4.52. The maximum absolute atomic E-state index is 10.7. The van der Waals surface area contributed by atoms with E-state index in [-0.39, 0.29) is 38.9 Å². The summed E-state index contributed by atoms with van der Waals surface area (Å²) in [5, 5.41) is 38.4. The maximum Gasteiger partial charge on any atom is 0.458 e. The van der Waals surface area contributed by atoms with E-state index in [9.17, 15) is 20.2 Å². The summed E-state index contributed by atoms with van der Waals surface area (Å²) in [7, 11) is 0. The van der Waals surface area contributed by atoms with Gasteiger partial charge in [0.25, 0.3) is 0 Å². The van der Waals surface area contributed by atoms with Crippen LogP contribution in [-0.4, -0.2) is 38.9 Å². The molecule has 0 spiro atoms. The Morgan fingerprint density at radius 1 is 0.933 bits per heavy atom. The molecule has 0 unspecified atom stereocenters. The van der Waals surface area contributed by atoms with Gasteiger partial charge in [-0.15, -0.1) is 0 Å². The molecule has 0 heterocycles. The first-order chi connectivity index (χ1) is 7.01. The van der Waals surface area contributed by atoms with Crippen molar-refractivity contribution in [2.24, 2.45) is 0 Å². The van der Waals surface area contributed by atoms with Crippen LogP contribution in [0.25, 0.3) is 0 Å². The van der Waals surface area contributed by atoms with Crippen LogP contribution in [0.5, 0.6) is 0 Å². The minimum absolute atomic E-state index is 0.00656. The Morgan fingerprint density at radius 2 is 1.27 bits per heavy atom. The molecule has 0 rings (SSSR count). The smallest absolute Gasteiger partial charge is 0.396 e. The van der Waals surface area contributed by atoms with Crippen LogP contribution < -0.4 is 0 Å². The summed E-state index contributed by atoms with van der Waals surface area (Å²) < 4.78 is 0. The predicted molar refractivity (Wildman–Crippen MR) is 49.4 cm³/mol. The minimum Gasteiger partial charge on any atom is -0.396 e. The summed E-state index contributed by atoms with van der Waals surface area (Å²) in [5.41, 5.74) is -2.27. The number of aliphatic hydroxyl groups excluding tert-OH is 2. The standard InChI is InChI=1S/C7H14N2O6/c10-5-1-3-7(8(12)13,9(14)15)4-2-6-11/h10-11H,1-6H2. The summed E-state index contributed by atoms with van der Waals surface area (Å²) in [6, 6.07) is 0. The highest BCUT2D eigenvalue weighted by Gasteiger charge is 2.54. The third-order valence-corrected chi connectivity index (χ3v) is 2.15. The molecule has 88 valence electrons. The van der Waals surface area contributed by atoms with E-state index < -0.39 is 15.5 Å². The Morgan fingerprint density at radius 3 is 1.47 bits per heavy atom. The zero-order valence-corrected chi connectivity index (χ0v) is 8.16. The molecule has 15 heavy (non-hydrogen) atoms. The Balaban J connectivity index is 4.73. The van der Waals surface area contributed by atoms with E-state index in [1.54, 1.807) is 0 Å². The highest BCUT2D eigenvalue weighted by Crippen LogP contribution is 2.24. The third-order valence-electron chi connectivity index (χ3n) is 2.15. The van der Waals surface area contributed by atoms with Gasteiger partial charge in [0.2, 0.25) is 0 Å². The molecule has 0 saturated heterocycles. The van der Waals surface area contributed by atoms with Crippen molar-refractivity contribution >= 4 is 0 Å². The van der Waals surface area contributed by atoms with Crippen molar-refractivity contribution in [3.63, 3.8) is 0 Å². The first kappa shape index (κ1) is 13.7. The molecule has 0 aliphatic heterocycles. The van der Waals surface area contributed by atoms with Crippen molar-refractivity contribution in [2.45, 2.75) is 31.3 Å². The molecule has 0 radical (unpaired) electrons. The van der Waals surface area contributed by atoms with E-state index >= 15 is 0 Å². The zero-order chi connectivity index (χ0) is 11.9. The van der Waals surface area contributed by atoms with E-state index in [4.69, 9.17) is 10.2 Å². The number of nitrogens with zero attached hydrogens (tertiary/aromatic N) is 2. The van der Waals surface area contributed by atoms with Crippen molar-refractivity contribution < 1.29 is 20.1 Å². The van der Waals surface area contributed by atoms with Crippen LogP contribution in [0.2, 0.25) is 0 Å². The van der Waals surface area contributed by atoms with Gasteiger partial charge in [-0.05, 0) is 12.8 Å². The summed E-state index contributed by atoms with van der Waals surface area (Å²) in [5.74, 6) is 0. The molecule has 8 heteroatoms. The maximum atomic E-state index is 10.7. The molecule has 0 aromatic rings. The summed E-state index contributed by atoms with van der Waals surface area (Å²) in [4.78, 5) is 19.5. The molecule has 0 aromatic heterocycles. The summed E-state index contributed by atoms with van der Waals surface area (Å²) in [6.07, 6.45) is -0.673. The normalized spacial score (nSPS) is 11.3. The van der Waals surface area contributed by atoms with E-state index in [1.807, 2.05) is 0 Å². The van der Waals surface area contributed by atoms with Gasteiger partial charge in [0.15, 0.2) is 0 Å². The lowest BCUT2D eigenvalue weighted by atomic mass is 9.99. The molecule has 0 aliphatic rings. The number of rotatable bonds is 8. The number of nitro groups is 2. The largest absolute Gasteiger partial charge is 0.458 e. The Kier molecular flexibility index (Phi) is 5.72. The van der Waals surface area contributed by atoms with Gasteiger partial charge in [0.1, 0.15) is 0 Å². The molecule has 8 nitrogen and oxygen atoms in total. The fourth-order valence-corrected chi connectivity index (χ4v) is 1.28. The second-order valence-corrected chi connectivity index (χ2v) is 3.15. The van der Waals surface area contributed by atoms with Gasteiger partial charge < -0.3 is 10.2 Å². The third kappa shape index (κ3) is 3.40. The zero-order valence-electron chi connectivity index (χ0n) is 8.16. The average Bonchev–Trinajstić information content (AvgIpc) is 2.17. The van der Waals surface area contributed by atoms with Gasteiger partial charge >= 0.3 is 5.66 Å². The molecule has 0 amide bonds. The van der Waals surface area contributed by atoms with Gasteiger partial charge in [-0.1, -0.05) is 0 Å². The first-order valence-electron chi connectivity index (χ1n) is 4.52.